The van der Waals surface area contributed by atoms with Crippen LogP contribution in [0.4, 0.5) is 4.39 Å². The van der Waals surface area contributed by atoms with Crippen molar-refractivity contribution in [3.05, 3.63) is 113 Å². The summed E-state index contributed by atoms with van der Waals surface area (Å²) in [6.07, 6.45) is 0.679. The molecule has 0 atom stereocenters. The number of aldehydes is 1. The van der Waals surface area contributed by atoms with Gasteiger partial charge in [0.25, 0.3) is 0 Å². The third-order valence-electron chi connectivity index (χ3n) is 4.23. The zero-order valence-corrected chi connectivity index (χ0v) is 14.3. The highest BCUT2D eigenvalue weighted by molar-refractivity contribution is 6.15. The highest BCUT2D eigenvalue weighted by Gasteiger charge is 2.19. The molecule has 0 amide bonds. The fraction of sp³-hybridized carbons (Fsp3) is 0.0435. The van der Waals surface area contributed by atoms with Crippen LogP contribution in [-0.4, -0.2) is 12.1 Å². The molecule has 0 spiro atoms. The molecule has 0 aromatic heterocycles. The largest absolute Gasteiger partial charge is 0.298 e. The van der Waals surface area contributed by atoms with Crippen LogP contribution < -0.4 is 0 Å². The third-order valence-corrected chi connectivity index (χ3v) is 4.23. The Kier molecular flexibility index (Phi) is 5.18. The van der Waals surface area contributed by atoms with Gasteiger partial charge in [0, 0.05) is 16.7 Å². The van der Waals surface area contributed by atoms with E-state index in [2.05, 4.69) is 0 Å². The van der Waals surface area contributed by atoms with E-state index in [1.54, 1.807) is 31.2 Å². The van der Waals surface area contributed by atoms with Crippen molar-refractivity contribution in [3.63, 3.8) is 0 Å². The molecule has 3 heteroatoms. The quantitative estimate of drug-likeness (QED) is 0.355. The van der Waals surface area contributed by atoms with E-state index in [1.165, 1.54) is 18.2 Å². The number of halogens is 1. The number of rotatable bonds is 5. The summed E-state index contributed by atoms with van der Waals surface area (Å²) in [6.45, 7) is 1.71. The molecule has 3 aromatic carbocycles. The van der Waals surface area contributed by atoms with Gasteiger partial charge in [0.05, 0.1) is 0 Å². The summed E-state index contributed by atoms with van der Waals surface area (Å²) >= 11 is 0. The van der Waals surface area contributed by atoms with Gasteiger partial charge in [-0.1, -0.05) is 60.7 Å². The van der Waals surface area contributed by atoms with E-state index in [4.69, 9.17) is 0 Å². The molecular weight excluding hydrogens is 327 g/mol. The molecule has 3 rings (SSSR count). The van der Waals surface area contributed by atoms with Crippen molar-refractivity contribution < 1.29 is 14.0 Å². The standard InChI is InChI=1S/C23H17FO2/c1-16(23(26)18-10-6-3-7-11-18)22(17-8-4-2-5-9-17)21-14-20(24)13-12-19(21)15-25/h2-15H,1H3/b22-16+. The minimum Gasteiger partial charge on any atom is -0.298 e. The van der Waals surface area contributed by atoms with Gasteiger partial charge in [0.15, 0.2) is 12.1 Å². The van der Waals surface area contributed by atoms with Crippen LogP contribution in [0.1, 0.15) is 38.8 Å². The predicted octanol–water partition coefficient (Wildman–Crippen LogP) is 5.34. The fourth-order valence-electron chi connectivity index (χ4n) is 2.95. The first kappa shape index (κ1) is 17.5. The maximum Gasteiger partial charge on any atom is 0.189 e. The Bertz CT molecular complexity index is 974. The minimum atomic E-state index is -0.459. The Morgan fingerprint density at radius 3 is 2.00 bits per heavy atom. The molecule has 0 bridgehead atoms. The van der Waals surface area contributed by atoms with Crippen LogP contribution in [0.3, 0.4) is 0 Å². The summed E-state index contributed by atoms with van der Waals surface area (Å²) in [7, 11) is 0. The van der Waals surface area contributed by atoms with Crippen LogP contribution in [0.5, 0.6) is 0 Å². The number of hydrogen-bond acceptors (Lipinski definition) is 2. The molecule has 0 aliphatic rings. The molecule has 3 aromatic rings. The molecule has 26 heavy (non-hydrogen) atoms. The first-order valence-corrected chi connectivity index (χ1v) is 8.23. The minimum absolute atomic E-state index is 0.162. The third kappa shape index (κ3) is 3.52. The molecule has 2 nitrogen and oxygen atoms in total. The number of ketones is 1. The van der Waals surface area contributed by atoms with E-state index in [-0.39, 0.29) is 5.78 Å². The summed E-state index contributed by atoms with van der Waals surface area (Å²) < 4.78 is 13.9. The van der Waals surface area contributed by atoms with Crippen LogP contribution in [0.15, 0.2) is 84.4 Å². The fourth-order valence-corrected chi connectivity index (χ4v) is 2.95. The monoisotopic (exact) mass is 344 g/mol. The van der Waals surface area contributed by atoms with E-state index in [0.29, 0.717) is 34.1 Å². The maximum absolute atomic E-state index is 13.9. The SMILES string of the molecule is C/C(C(=O)c1ccccc1)=C(/c1ccccc1)c1cc(F)ccc1C=O. The molecule has 0 heterocycles. The molecule has 0 radical (unpaired) electrons. The Balaban J connectivity index is 2.28. The van der Waals surface area contributed by atoms with Gasteiger partial charge in [-0.15, -0.1) is 0 Å². The Morgan fingerprint density at radius 1 is 0.846 bits per heavy atom. The van der Waals surface area contributed by atoms with Crippen molar-refractivity contribution in [1.82, 2.24) is 0 Å². The van der Waals surface area contributed by atoms with Gasteiger partial charge in [-0.3, -0.25) is 9.59 Å². The van der Waals surface area contributed by atoms with E-state index in [9.17, 15) is 14.0 Å². The highest BCUT2D eigenvalue weighted by atomic mass is 19.1. The van der Waals surface area contributed by atoms with Crippen molar-refractivity contribution in [2.75, 3.05) is 0 Å². The molecule has 128 valence electrons. The first-order valence-electron chi connectivity index (χ1n) is 8.23. The number of carbonyl (C=O) groups is 2. The van der Waals surface area contributed by atoms with Crippen LogP contribution in [0.2, 0.25) is 0 Å². The Labute approximate surface area is 151 Å². The summed E-state index contributed by atoms with van der Waals surface area (Å²) in [5.41, 5.74) is 3.06. The van der Waals surface area contributed by atoms with E-state index >= 15 is 0 Å². The van der Waals surface area contributed by atoms with Crippen LogP contribution in [-0.2, 0) is 0 Å². The first-order chi connectivity index (χ1) is 12.6. The van der Waals surface area contributed by atoms with Gasteiger partial charge >= 0.3 is 0 Å². The lowest BCUT2D eigenvalue weighted by atomic mass is 9.88. The van der Waals surface area contributed by atoms with Gasteiger partial charge in [0.1, 0.15) is 5.82 Å². The Hall–Kier alpha value is -3.33. The van der Waals surface area contributed by atoms with Crippen LogP contribution >= 0.6 is 0 Å². The lowest BCUT2D eigenvalue weighted by Crippen LogP contribution is -2.06. The molecular formula is C23H17FO2. The molecule has 0 aliphatic heterocycles. The van der Waals surface area contributed by atoms with Gasteiger partial charge in [0.2, 0.25) is 0 Å². The zero-order chi connectivity index (χ0) is 18.5. The topological polar surface area (TPSA) is 34.1 Å². The summed E-state index contributed by atoms with van der Waals surface area (Å²) in [6, 6.07) is 22.1. The van der Waals surface area contributed by atoms with Crippen LogP contribution in [0, 0.1) is 5.82 Å². The lowest BCUT2D eigenvalue weighted by Gasteiger charge is -2.15. The summed E-state index contributed by atoms with van der Waals surface area (Å²) in [5.74, 6) is -0.621. The summed E-state index contributed by atoms with van der Waals surface area (Å²) in [4.78, 5) is 24.5. The van der Waals surface area contributed by atoms with E-state index in [0.717, 1.165) is 5.56 Å². The van der Waals surface area contributed by atoms with Crippen molar-refractivity contribution >= 4 is 17.6 Å². The van der Waals surface area contributed by atoms with Gasteiger partial charge in [-0.25, -0.2) is 4.39 Å². The second-order valence-corrected chi connectivity index (χ2v) is 5.91. The lowest BCUT2D eigenvalue weighted by molar-refractivity contribution is 0.103. The molecule has 0 N–H and O–H groups in total. The van der Waals surface area contributed by atoms with Crippen LogP contribution in [0.25, 0.3) is 5.57 Å². The highest BCUT2D eigenvalue weighted by Crippen LogP contribution is 2.31. The number of hydrogen-bond donors (Lipinski definition) is 0. The molecule has 0 saturated carbocycles. The van der Waals surface area contributed by atoms with E-state index < -0.39 is 5.82 Å². The molecule has 0 aliphatic carbocycles. The van der Waals surface area contributed by atoms with Crippen molar-refractivity contribution in [2.45, 2.75) is 6.92 Å². The number of allylic oxidation sites excluding steroid dienone is 1. The average Bonchev–Trinajstić information content (AvgIpc) is 2.69. The Morgan fingerprint density at radius 2 is 1.42 bits per heavy atom. The summed E-state index contributed by atoms with van der Waals surface area (Å²) in [5, 5.41) is 0. The zero-order valence-electron chi connectivity index (χ0n) is 14.3. The van der Waals surface area contributed by atoms with Crippen molar-refractivity contribution in [1.29, 1.82) is 0 Å². The molecule has 0 unspecified atom stereocenters. The number of Topliss-reactive ketones (excluding diaryl/α,β-unsaturated/α-hetero) is 1. The average molecular weight is 344 g/mol. The number of benzene rings is 3. The van der Waals surface area contributed by atoms with Crippen molar-refractivity contribution in [3.8, 4) is 0 Å². The maximum atomic E-state index is 13.9. The van der Waals surface area contributed by atoms with Crippen molar-refractivity contribution in [2.24, 2.45) is 0 Å². The smallest absolute Gasteiger partial charge is 0.189 e. The normalized spacial score (nSPS) is 11.6. The molecule has 0 saturated heterocycles. The van der Waals surface area contributed by atoms with Gasteiger partial charge in [-0.05, 0) is 41.8 Å². The second-order valence-electron chi connectivity index (χ2n) is 5.91. The number of carbonyl (C=O) groups excluding carboxylic acids is 2. The van der Waals surface area contributed by atoms with E-state index in [1.807, 2.05) is 36.4 Å². The molecule has 0 fully saturated rings. The van der Waals surface area contributed by atoms with Gasteiger partial charge in [-0.2, -0.15) is 0 Å². The predicted molar refractivity (Wildman–Crippen MR) is 101 cm³/mol. The second kappa shape index (κ2) is 7.70. The van der Waals surface area contributed by atoms with Gasteiger partial charge < -0.3 is 0 Å².